The van der Waals surface area contributed by atoms with Crippen LogP contribution in [-0.4, -0.2) is 37.0 Å². The largest absolute Gasteiger partial charge is 0.368 e. The van der Waals surface area contributed by atoms with Gasteiger partial charge >= 0.3 is 0 Å². The minimum Gasteiger partial charge on any atom is -0.368 e. The van der Waals surface area contributed by atoms with Gasteiger partial charge in [0.25, 0.3) is 0 Å². The number of nitrogens with one attached hydrogen (secondary N) is 1. The van der Waals surface area contributed by atoms with Crippen molar-refractivity contribution in [1.82, 2.24) is 10.2 Å². The zero-order chi connectivity index (χ0) is 13.8. The molecular weight excluding hydrogens is 306 g/mol. The summed E-state index contributed by atoms with van der Waals surface area (Å²) >= 11 is 3.52. The van der Waals surface area contributed by atoms with Crippen LogP contribution in [0.4, 0.5) is 0 Å². The minimum absolute atomic E-state index is 0.280. The number of halogens is 1. The average molecular weight is 326 g/mol. The van der Waals surface area contributed by atoms with Crippen molar-refractivity contribution in [3.8, 4) is 0 Å². The van der Waals surface area contributed by atoms with Crippen molar-refractivity contribution in [2.75, 3.05) is 26.2 Å². The second-order valence-electron chi connectivity index (χ2n) is 4.95. The fourth-order valence-corrected chi connectivity index (χ4v) is 2.86. The molecule has 1 aliphatic rings. The number of rotatable bonds is 3. The Balaban J connectivity index is 2.27. The van der Waals surface area contributed by atoms with Crippen LogP contribution in [0.3, 0.4) is 0 Å². The Morgan fingerprint density at radius 2 is 2.21 bits per heavy atom. The van der Waals surface area contributed by atoms with Crippen LogP contribution in [-0.2, 0) is 4.79 Å². The molecule has 0 spiro atoms. The Hall–Kier alpha value is -0.910. The number of hydrogen-bond donors (Lipinski definition) is 2. The number of primary amides is 1. The van der Waals surface area contributed by atoms with E-state index in [1.54, 1.807) is 0 Å². The van der Waals surface area contributed by atoms with Gasteiger partial charge in [-0.25, -0.2) is 0 Å². The molecule has 0 radical (unpaired) electrons. The van der Waals surface area contributed by atoms with E-state index in [1.807, 2.05) is 25.1 Å². The predicted molar refractivity (Wildman–Crippen MR) is 79.9 cm³/mol. The Labute approximate surface area is 122 Å². The maximum atomic E-state index is 11.9. The monoisotopic (exact) mass is 325 g/mol. The molecule has 0 aromatic heterocycles. The van der Waals surface area contributed by atoms with E-state index in [0.717, 1.165) is 48.2 Å². The number of aryl methyl sites for hydroxylation is 1. The summed E-state index contributed by atoms with van der Waals surface area (Å²) in [5.41, 5.74) is 7.74. The molecule has 1 saturated heterocycles. The van der Waals surface area contributed by atoms with E-state index in [-0.39, 0.29) is 11.9 Å². The second kappa shape index (κ2) is 6.50. The topological polar surface area (TPSA) is 58.4 Å². The zero-order valence-corrected chi connectivity index (χ0v) is 12.7. The first-order valence-corrected chi connectivity index (χ1v) is 7.39. The van der Waals surface area contributed by atoms with Crippen LogP contribution in [0.15, 0.2) is 22.7 Å². The summed E-state index contributed by atoms with van der Waals surface area (Å²) in [5.74, 6) is -0.280. The molecule has 104 valence electrons. The van der Waals surface area contributed by atoms with Crippen LogP contribution < -0.4 is 11.1 Å². The Morgan fingerprint density at radius 1 is 1.42 bits per heavy atom. The van der Waals surface area contributed by atoms with E-state index >= 15 is 0 Å². The molecule has 4 nitrogen and oxygen atoms in total. The third kappa shape index (κ3) is 3.55. The van der Waals surface area contributed by atoms with Crippen LogP contribution in [0, 0.1) is 6.92 Å². The Kier molecular flexibility index (Phi) is 4.96. The number of carbonyl (C=O) groups excluding carboxylic acids is 1. The molecule has 0 bridgehead atoms. The molecule has 1 aromatic carbocycles. The van der Waals surface area contributed by atoms with E-state index in [9.17, 15) is 4.79 Å². The van der Waals surface area contributed by atoms with Gasteiger partial charge < -0.3 is 11.1 Å². The molecule has 5 heteroatoms. The molecule has 1 heterocycles. The van der Waals surface area contributed by atoms with Gasteiger partial charge in [0.05, 0.1) is 0 Å². The molecule has 1 aliphatic heterocycles. The quantitative estimate of drug-likeness (QED) is 0.887. The average Bonchev–Trinajstić information content (AvgIpc) is 2.62. The van der Waals surface area contributed by atoms with Crippen molar-refractivity contribution in [3.63, 3.8) is 0 Å². The van der Waals surface area contributed by atoms with Gasteiger partial charge in [-0.15, -0.1) is 0 Å². The highest BCUT2D eigenvalue weighted by molar-refractivity contribution is 9.10. The van der Waals surface area contributed by atoms with Crippen molar-refractivity contribution in [1.29, 1.82) is 0 Å². The van der Waals surface area contributed by atoms with Crippen molar-refractivity contribution >= 4 is 21.8 Å². The fraction of sp³-hybridized carbons (Fsp3) is 0.500. The van der Waals surface area contributed by atoms with Crippen molar-refractivity contribution < 1.29 is 4.79 Å². The summed E-state index contributed by atoms with van der Waals surface area (Å²) in [6, 6.07) is 5.68. The Morgan fingerprint density at radius 3 is 2.89 bits per heavy atom. The van der Waals surface area contributed by atoms with Gasteiger partial charge in [0.1, 0.15) is 6.04 Å². The van der Waals surface area contributed by atoms with Crippen LogP contribution in [0.25, 0.3) is 0 Å². The number of hydrogen-bond acceptors (Lipinski definition) is 3. The van der Waals surface area contributed by atoms with E-state index in [4.69, 9.17) is 5.73 Å². The van der Waals surface area contributed by atoms with Gasteiger partial charge in [0, 0.05) is 24.1 Å². The SMILES string of the molecule is Cc1ccc(C(C(N)=O)N2CCCNCC2)cc1Br. The molecule has 1 fully saturated rings. The summed E-state index contributed by atoms with van der Waals surface area (Å²) in [5, 5.41) is 3.34. The first-order valence-electron chi connectivity index (χ1n) is 6.59. The van der Waals surface area contributed by atoms with Gasteiger partial charge in [-0.1, -0.05) is 28.1 Å². The van der Waals surface area contributed by atoms with Gasteiger partial charge in [-0.3, -0.25) is 9.69 Å². The van der Waals surface area contributed by atoms with Crippen LogP contribution in [0.2, 0.25) is 0 Å². The number of carbonyl (C=O) groups is 1. The molecular formula is C14H20BrN3O. The highest BCUT2D eigenvalue weighted by atomic mass is 79.9. The molecule has 2 rings (SSSR count). The lowest BCUT2D eigenvalue weighted by atomic mass is 10.0. The lowest BCUT2D eigenvalue weighted by Gasteiger charge is -2.28. The number of nitrogens with two attached hydrogens (primary N) is 1. The maximum absolute atomic E-state index is 11.9. The first kappa shape index (κ1) is 14.5. The third-order valence-corrected chi connectivity index (χ3v) is 4.38. The molecule has 0 aliphatic carbocycles. The number of benzene rings is 1. The minimum atomic E-state index is -0.336. The molecule has 1 unspecified atom stereocenters. The molecule has 1 atom stereocenters. The first-order chi connectivity index (χ1) is 9.09. The second-order valence-corrected chi connectivity index (χ2v) is 5.81. The summed E-state index contributed by atoms with van der Waals surface area (Å²) < 4.78 is 1.02. The van der Waals surface area contributed by atoms with E-state index in [0.29, 0.717) is 0 Å². The van der Waals surface area contributed by atoms with E-state index in [2.05, 4.69) is 26.1 Å². The normalized spacial score (nSPS) is 18.8. The van der Waals surface area contributed by atoms with Gasteiger partial charge in [-0.05, 0) is 37.1 Å². The fourth-order valence-electron chi connectivity index (χ4n) is 2.46. The summed E-state index contributed by atoms with van der Waals surface area (Å²) in [6.45, 7) is 5.67. The van der Waals surface area contributed by atoms with Gasteiger partial charge in [0.15, 0.2) is 0 Å². The van der Waals surface area contributed by atoms with Gasteiger partial charge in [-0.2, -0.15) is 0 Å². The lowest BCUT2D eigenvalue weighted by Crippen LogP contribution is -2.39. The van der Waals surface area contributed by atoms with E-state index in [1.165, 1.54) is 0 Å². The number of nitrogens with zero attached hydrogens (tertiary/aromatic N) is 1. The smallest absolute Gasteiger partial charge is 0.239 e. The third-order valence-electron chi connectivity index (χ3n) is 3.52. The summed E-state index contributed by atoms with van der Waals surface area (Å²) in [7, 11) is 0. The van der Waals surface area contributed by atoms with Crippen LogP contribution in [0.5, 0.6) is 0 Å². The standard InChI is InChI=1S/C14H20BrN3O/c1-10-3-4-11(9-12(10)15)13(14(16)19)18-7-2-5-17-6-8-18/h3-4,9,13,17H,2,5-8H2,1H3,(H2,16,19). The maximum Gasteiger partial charge on any atom is 0.239 e. The van der Waals surface area contributed by atoms with Crippen molar-refractivity contribution in [2.45, 2.75) is 19.4 Å². The summed E-state index contributed by atoms with van der Waals surface area (Å²) in [4.78, 5) is 14.0. The van der Waals surface area contributed by atoms with Crippen LogP contribution in [0.1, 0.15) is 23.6 Å². The van der Waals surface area contributed by atoms with E-state index < -0.39 is 0 Å². The number of amides is 1. The molecule has 1 amide bonds. The predicted octanol–water partition coefficient (Wildman–Crippen LogP) is 1.58. The molecule has 19 heavy (non-hydrogen) atoms. The highest BCUT2D eigenvalue weighted by Gasteiger charge is 2.26. The summed E-state index contributed by atoms with van der Waals surface area (Å²) in [6.07, 6.45) is 1.04. The van der Waals surface area contributed by atoms with Crippen molar-refractivity contribution in [2.24, 2.45) is 5.73 Å². The lowest BCUT2D eigenvalue weighted by molar-refractivity contribution is -0.123. The molecule has 0 saturated carbocycles. The Bertz CT molecular complexity index is 456. The zero-order valence-electron chi connectivity index (χ0n) is 11.2. The molecule has 3 N–H and O–H groups in total. The highest BCUT2D eigenvalue weighted by Crippen LogP contribution is 2.26. The van der Waals surface area contributed by atoms with Crippen molar-refractivity contribution in [3.05, 3.63) is 33.8 Å². The molecule has 1 aromatic rings. The van der Waals surface area contributed by atoms with Crippen LogP contribution >= 0.6 is 15.9 Å². The van der Waals surface area contributed by atoms with Gasteiger partial charge in [0.2, 0.25) is 5.91 Å².